The quantitative estimate of drug-likeness (QED) is 0.653. The fourth-order valence-electron chi connectivity index (χ4n) is 3.13. The minimum atomic E-state index is 0.853. The summed E-state index contributed by atoms with van der Waals surface area (Å²) in [5, 5.41) is 0. The van der Waals surface area contributed by atoms with Crippen LogP contribution >= 0.6 is 0 Å². The van der Waals surface area contributed by atoms with Gasteiger partial charge in [-0.1, -0.05) is 20.8 Å². The molecular formula is C16H34N2. The SMILES string of the molecule is CCCN(CCC)CCN(C)C1CCC(C)CC1. The number of nitrogens with zero attached hydrogens (tertiary/aromatic N) is 2. The van der Waals surface area contributed by atoms with Crippen LogP contribution in [0, 0.1) is 5.92 Å². The summed E-state index contributed by atoms with van der Waals surface area (Å²) in [4.78, 5) is 5.24. The largest absolute Gasteiger partial charge is 0.302 e. The van der Waals surface area contributed by atoms with Crippen LogP contribution in [0.3, 0.4) is 0 Å². The zero-order valence-electron chi connectivity index (χ0n) is 13.1. The molecule has 0 heterocycles. The Balaban J connectivity index is 2.23. The Labute approximate surface area is 115 Å². The van der Waals surface area contributed by atoms with E-state index in [1.54, 1.807) is 0 Å². The Morgan fingerprint density at radius 2 is 1.39 bits per heavy atom. The molecule has 0 spiro atoms. The fourth-order valence-corrected chi connectivity index (χ4v) is 3.13. The highest BCUT2D eigenvalue weighted by Gasteiger charge is 2.21. The highest BCUT2D eigenvalue weighted by atomic mass is 15.2. The third kappa shape index (κ3) is 5.71. The summed E-state index contributed by atoms with van der Waals surface area (Å²) >= 11 is 0. The summed E-state index contributed by atoms with van der Waals surface area (Å²) < 4.78 is 0. The van der Waals surface area contributed by atoms with Gasteiger partial charge in [-0.25, -0.2) is 0 Å². The van der Waals surface area contributed by atoms with Crippen molar-refractivity contribution in [3.63, 3.8) is 0 Å². The first-order valence-electron chi connectivity index (χ1n) is 8.09. The fraction of sp³-hybridized carbons (Fsp3) is 1.00. The smallest absolute Gasteiger partial charge is 0.0109 e. The van der Waals surface area contributed by atoms with Crippen LogP contribution in [-0.2, 0) is 0 Å². The van der Waals surface area contributed by atoms with E-state index in [0.29, 0.717) is 0 Å². The molecule has 1 rings (SSSR count). The predicted molar refractivity (Wildman–Crippen MR) is 81.1 cm³/mol. The van der Waals surface area contributed by atoms with Gasteiger partial charge in [0, 0.05) is 19.1 Å². The molecule has 0 N–H and O–H groups in total. The molecule has 1 saturated carbocycles. The molecule has 1 aliphatic carbocycles. The summed E-state index contributed by atoms with van der Waals surface area (Å²) in [5.41, 5.74) is 0. The van der Waals surface area contributed by atoms with Gasteiger partial charge in [-0.05, 0) is 64.6 Å². The first-order valence-corrected chi connectivity index (χ1v) is 8.09. The molecule has 0 atom stereocenters. The van der Waals surface area contributed by atoms with Crippen LogP contribution < -0.4 is 0 Å². The molecule has 0 saturated heterocycles. The first kappa shape index (κ1) is 16.0. The van der Waals surface area contributed by atoms with Crippen molar-refractivity contribution in [2.75, 3.05) is 33.2 Å². The summed E-state index contributed by atoms with van der Waals surface area (Å²) in [6.07, 6.45) is 8.26. The van der Waals surface area contributed by atoms with Crippen LogP contribution in [0.1, 0.15) is 59.3 Å². The van der Waals surface area contributed by atoms with Crippen molar-refractivity contribution in [3.05, 3.63) is 0 Å². The maximum Gasteiger partial charge on any atom is 0.0109 e. The molecule has 0 aromatic carbocycles. The van der Waals surface area contributed by atoms with Crippen LogP contribution in [0.2, 0.25) is 0 Å². The van der Waals surface area contributed by atoms with Gasteiger partial charge in [0.1, 0.15) is 0 Å². The Kier molecular flexibility index (Phi) is 7.92. The van der Waals surface area contributed by atoms with Gasteiger partial charge in [0.25, 0.3) is 0 Å². The second-order valence-corrected chi connectivity index (χ2v) is 6.24. The van der Waals surface area contributed by atoms with Gasteiger partial charge in [-0.3, -0.25) is 0 Å². The molecule has 18 heavy (non-hydrogen) atoms. The van der Waals surface area contributed by atoms with Gasteiger partial charge < -0.3 is 9.80 Å². The molecule has 1 aliphatic rings. The Morgan fingerprint density at radius 1 is 0.833 bits per heavy atom. The van der Waals surface area contributed by atoms with Crippen LogP contribution in [0.5, 0.6) is 0 Å². The van der Waals surface area contributed by atoms with Crippen molar-refractivity contribution in [3.8, 4) is 0 Å². The van der Waals surface area contributed by atoms with E-state index < -0.39 is 0 Å². The first-order chi connectivity index (χ1) is 8.67. The van der Waals surface area contributed by atoms with Crippen molar-refractivity contribution in [1.82, 2.24) is 9.80 Å². The van der Waals surface area contributed by atoms with Gasteiger partial charge in [-0.15, -0.1) is 0 Å². The molecular weight excluding hydrogens is 220 g/mol. The molecule has 108 valence electrons. The topological polar surface area (TPSA) is 6.48 Å². The van der Waals surface area contributed by atoms with Crippen molar-refractivity contribution in [2.45, 2.75) is 65.3 Å². The van der Waals surface area contributed by atoms with Crippen molar-refractivity contribution in [1.29, 1.82) is 0 Å². The molecule has 0 aromatic rings. The van der Waals surface area contributed by atoms with E-state index in [1.165, 1.54) is 64.7 Å². The highest BCUT2D eigenvalue weighted by molar-refractivity contribution is 4.77. The van der Waals surface area contributed by atoms with Crippen LogP contribution in [0.25, 0.3) is 0 Å². The molecule has 0 radical (unpaired) electrons. The van der Waals surface area contributed by atoms with Crippen molar-refractivity contribution in [2.24, 2.45) is 5.92 Å². The van der Waals surface area contributed by atoms with E-state index in [2.05, 4.69) is 37.6 Å². The van der Waals surface area contributed by atoms with Gasteiger partial charge >= 0.3 is 0 Å². The maximum atomic E-state index is 2.63. The average Bonchev–Trinajstić information content (AvgIpc) is 2.37. The van der Waals surface area contributed by atoms with E-state index in [0.717, 1.165) is 12.0 Å². The zero-order valence-corrected chi connectivity index (χ0v) is 13.1. The lowest BCUT2D eigenvalue weighted by Crippen LogP contribution is -2.40. The Hall–Kier alpha value is -0.0800. The second kappa shape index (κ2) is 8.92. The Bertz CT molecular complexity index is 191. The molecule has 0 aromatic heterocycles. The average molecular weight is 254 g/mol. The van der Waals surface area contributed by atoms with Crippen molar-refractivity contribution >= 4 is 0 Å². The van der Waals surface area contributed by atoms with E-state index in [9.17, 15) is 0 Å². The molecule has 0 amide bonds. The third-order valence-corrected chi connectivity index (χ3v) is 4.46. The molecule has 2 heteroatoms. The zero-order chi connectivity index (χ0) is 13.4. The predicted octanol–water partition coefficient (Wildman–Crippen LogP) is 3.62. The summed E-state index contributed by atoms with van der Waals surface area (Å²) in [7, 11) is 2.33. The van der Waals surface area contributed by atoms with E-state index in [1.807, 2.05) is 0 Å². The van der Waals surface area contributed by atoms with E-state index >= 15 is 0 Å². The minimum absolute atomic E-state index is 0.853. The van der Waals surface area contributed by atoms with E-state index in [4.69, 9.17) is 0 Å². The van der Waals surface area contributed by atoms with Gasteiger partial charge in [0.2, 0.25) is 0 Å². The second-order valence-electron chi connectivity index (χ2n) is 6.24. The normalized spacial score (nSPS) is 25.0. The van der Waals surface area contributed by atoms with E-state index in [-0.39, 0.29) is 0 Å². The lowest BCUT2D eigenvalue weighted by Gasteiger charge is -2.35. The third-order valence-electron chi connectivity index (χ3n) is 4.46. The lowest BCUT2D eigenvalue weighted by atomic mass is 9.87. The number of rotatable bonds is 8. The Morgan fingerprint density at radius 3 is 1.89 bits per heavy atom. The van der Waals surface area contributed by atoms with Crippen LogP contribution in [-0.4, -0.2) is 49.1 Å². The molecule has 0 unspecified atom stereocenters. The standard InChI is InChI=1S/C16H34N2/c1-5-11-18(12-6-2)14-13-17(4)16-9-7-15(3)8-10-16/h15-16H,5-14H2,1-4H3. The molecule has 2 nitrogen and oxygen atoms in total. The highest BCUT2D eigenvalue weighted by Crippen LogP contribution is 2.26. The molecule has 0 bridgehead atoms. The summed E-state index contributed by atoms with van der Waals surface area (Å²) in [6.45, 7) is 12.0. The van der Waals surface area contributed by atoms with Crippen molar-refractivity contribution < 1.29 is 0 Å². The summed E-state index contributed by atoms with van der Waals surface area (Å²) in [6, 6.07) is 0.853. The summed E-state index contributed by atoms with van der Waals surface area (Å²) in [5.74, 6) is 0.964. The van der Waals surface area contributed by atoms with Gasteiger partial charge in [0.15, 0.2) is 0 Å². The molecule has 0 aliphatic heterocycles. The minimum Gasteiger partial charge on any atom is -0.302 e. The molecule has 1 fully saturated rings. The number of hydrogen-bond donors (Lipinski definition) is 0. The number of hydrogen-bond acceptors (Lipinski definition) is 2. The van der Waals surface area contributed by atoms with Gasteiger partial charge in [0.05, 0.1) is 0 Å². The number of likely N-dealkylation sites (N-methyl/N-ethyl adjacent to an activating group) is 1. The van der Waals surface area contributed by atoms with Gasteiger partial charge in [-0.2, -0.15) is 0 Å². The monoisotopic (exact) mass is 254 g/mol. The van der Waals surface area contributed by atoms with Crippen LogP contribution in [0.4, 0.5) is 0 Å². The van der Waals surface area contributed by atoms with Crippen LogP contribution in [0.15, 0.2) is 0 Å². The lowest BCUT2D eigenvalue weighted by molar-refractivity contribution is 0.146. The maximum absolute atomic E-state index is 2.63.